The van der Waals surface area contributed by atoms with Gasteiger partial charge in [-0.15, -0.1) is 24.8 Å². The summed E-state index contributed by atoms with van der Waals surface area (Å²) in [4.78, 5) is 0. The topological polar surface area (TPSA) is 9.23 Å². The van der Waals surface area contributed by atoms with Gasteiger partial charge in [-0.25, -0.2) is 0 Å². The normalized spacial score (nSPS) is 6.00. The quantitative estimate of drug-likeness (QED) is 0.579. The number of hydrogen-bond acceptors (Lipinski definition) is 1. The van der Waals surface area contributed by atoms with Gasteiger partial charge in [0.15, 0.2) is 0 Å². The molecule has 0 radical (unpaired) electrons. The molecule has 0 fully saturated rings. The van der Waals surface area contributed by atoms with Crippen molar-refractivity contribution < 1.29 is 4.74 Å². The van der Waals surface area contributed by atoms with Gasteiger partial charge in [0.1, 0.15) is 0 Å². The zero-order chi connectivity index (χ0) is 4.12. The number of halogens is 2. The monoisotopic (exact) mass is 146 g/mol. The molecule has 0 saturated heterocycles. The Kier molecular flexibility index (Phi) is 35.8. The second kappa shape index (κ2) is 16.0. The SMILES string of the molecule is CCCOC.Cl.Cl. The van der Waals surface area contributed by atoms with Gasteiger partial charge in [0, 0.05) is 13.7 Å². The first kappa shape index (κ1) is 15.6. The Balaban J connectivity index is -0.0000000800. The Morgan fingerprint density at radius 3 is 1.71 bits per heavy atom. The standard InChI is InChI=1S/C4H10O.2ClH/c1-3-4-5-2;;/h3-4H2,1-2H3;2*1H. The summed E-state index contributed by atoms with van der Waals surface area (Å²) in [6.07, 6.45) is 1.12. The van der Waals surface area contributed by atoms with Crippen molar-refractivity contribution in [3.05, 3.63) is 0 Å². The van der Waals surface area contributed by atoms with Crippen LogP contribution in [0.4, 0.5) is 0 Å². The van der Waals surface area contributed by atoms with E-state index in [9.17, 15) is 0 Å². The van der Waals surface area contributed by atoms with Gasteiger partial charge in [0.25, 0.3) is 0 Å². The fourth-order valence-electron chi connectivity index (χ4n) is 0.204. The van der Waals surface area contributed by atoms with E-state index in [1.165, 1.54) is 0 Å². The molecule has 3 heteroatoms. The molecule has 48 valence electrons. The Morgan fingerprint density at radius 2 is 1.71 bits per heavy atom. The number of methoxy groups -OCH3 is 1. The molecule has 0 spiro atoms. The molecule has 0 saturated carbocycles. The van der Waals surface area contributed by atoms with Gasteiger partial charge in [-0.2, -0.15) is 0 Å². The van der Waals surface area contributed by atoms with E-state index in [1.807, 2.05) is 0 Å². The summed E-state index contributed by atoms with van der Waals surface area (Å²) in [7, 11) is 1.71. The Labute approximate surface area is 57.3 Å². The number of hydrogen-bond donors (Lipinski definition) is 0. The third-order valence-electron chi connectivity index (χ3n) is 0.408. The minimum absolute atomic E-state index is 0. The number of rotatable bonds is 2. The first-order valence-corrected chi connectivity index (χ1v) is 1.90. The van der Waals surface area contributed by atoms with Crippen LogP contribution < -0.4 is 0 Å². The molecule has 7 heavy (non-hydrogen) atoms. The average molecular weight is 147 g/mol. The largest absolute Gasteiger partial charge is 0.385 e. The van der Waals surface area contributed by atoms with Crippen LogP contribution in [0, 0.1) is 0 Å². The predicted octanol–water partition coefficient (Wildman–Crippen LogP) is 1.89. The first-order chi connectivity index (χ1) is 2.41. The molecule has 1 nitrogen and oxygen atoms in total. The van der Waals surface area contributed by atoms with E-state index in [-0.39, 0.29) is 24.8 Å². The minimum Gasteiger partial charge on any atom is -0.385 e. The van der Waals surface area contributed by atoms with Crippen molar-refractivity contribution >= 4 is 24.8 Å². The van der Waals surface area contributed by atoms with Gasteiger partial charge < -0.3 is 4.74 Å². The second-order valence-electron chi connectivity index (χ2n) is 0.993. The Bertz CT molecular complexity index is 17.2. The van der Waals surface area contributed by atoms with Crippen molar-refractivity contribution in [1.82, 2.24) is 0 Å². The van der Waals surface area contributed by atoms with Crippen LogP contribution in [0.15, 0.2) is 0 Å². The van der Waals surface area contributed by atoms with Gasteiger partial charge in [-0.1, -0.05) is 6.92 Å². The van der Waals surface area contributed by atoms with Crippen molar-refractivity contribution in [3.63, 3.8) is 0 Å². The van der Waals surface area contributed by atoms with Crippen LogP contribution >= 0.6 is 24.8 Å². The molecular formula is C4H12Cl2O. The molecule has 0 unspecified atom stereocenters. The highest BCUT2D eigenvalue weighted by molar-refractivity contribution is 5.85. The highest BCUT2D eigenvalue weighted by Gasteiger charge is 1.66. The van der Waals surface area contributed by atoms with Crippen LogP contribution in [0.3, 0.4) is 0 Å². The maximum Gasteiger partial charge on any atom is 0.0459 e. The lowest BCUT2D eigenvalue weighted by atomic mass is 10.5. The summed E-state index contributed by atoms with van der Waals surface area (Å²) in [5, 5.41) is 0. The highest BCUT2D eigenvalue weighted by atomic mass is 35.5. The van der Waals surface area contributed by atoms with Crippen LogP contribution in [0.5, 0.6) is 0 Å². The fraction of sp³-hybridized carbons (Fsp3) is 1.00. The molecule has 0 aromatic rings. The zero-order valence-electron chi connectivity index (χ0n) is 4.64. The van der Waals surface area contributed by atoms with E-state index >= 15 is 0 Å². The molecule has 0 aromatic carbocycles. The lowest BCUT2D eigenvalue weighted by molar-refractivity contribution is 0.199. The molecule has 0 heterocycles. The van der Waals surface area contributed by atoms with Gasteiger partial charge in [0.2, 0.25) is 0 Å². The van der Waals surface area contributed by atoms with Crippen LogP contribution in [-0.2, 0) is 4.74 Å². The summed E-state index contributed by atoms with van der Waals surface area (Å²) in [5.74, 6) is 0. The summed E-state index contributed by atoms with van der Waals surface area (Å²) in [5.41, 5.74) is 0. The van der Waals surface area contributed by atoms with Crippen LogP contribution in [0.25, 0.3) is 0 Å². The van der Waals surface area contributed by atoms with Gasteiger partial charge in [-0.3, -0.25) is 0 Å². The summed E-state index contributed by atoms with van der Waals surface area (Å²) in [6, 6.07) is 0. The van der Waals surface area contributed by atoms with Crippen LogP contribution in [0.1, 0.15) is 13.3 Å². The smallest absolute Gasteiger partial charge is 0.0459 e. The van der Waals surface area contributed by atoms with Gasteiger partial charge in [0.05, 0.1) is 0 Å². The molecule has 0 amide bonds. The summed E-state index contributed by atoms with van der Waals surface area (Å²) in [6.45, 7) is 2.98. The average Bonchev–Trinajstić information content (AvgIpc) is 1.41. The molecule has 0 aliphatic carbocycles. The van der Waals surface area contributed by atoms with E-state index in [2.05, 4.69) is 6.92 Å². The molecule has 0 rings (SSSR count). The van der Waals surface area contributed by atoms with E-state index in [0.29, 0.717) is 0 Å². The summed E-state index contributed by atoms with van der Waals surface area (Å²) < 4.78 is 4.69. The third-order valence-corrected chi connectivity index (χ3v) is 0.408. The molecule has 0 bridgehead atoms. The van der Waals surface area contributed by atoms with E-state index < -0.39 is 0 Å². The lowest BCUT2D eigenvalue weighted by Gasteiger charge is -1.84. The van der Waals surface area contributed by atoms with Crippen LogP contribution in [0.2, 0.25) is 0 Å². The van der Waals surface area contributed by atoms with Crippen molar-refractivity contribution in [3.8, 4) is 0 Å². The molecule has 0 atom stereocenters. The second-order valence-corrected chi connectivity index (χ2v) is 0.993. The van der Waals surface area contributed by atoms with E-state index in [1.54, 1.807) is 7.11 Å². The Hall–Kier alpha value is 0.540. The predicted molar refractivity (Wildman–Crippen MR) is 36.7 cm³/mol. The van der Waals surface area contributed by atoms with Crippen molar-refractivity contribution in [2.45, 2.75) is 13.3 Å². The molecule has 0 aromatic heterocycles. The summed E-state index contributed by atoms with van der Waals surface area (Å²) >= 11 is 0. The first-order valence-electron chi connectivity index (χ1n) is 1.90. The van der Waals surface area contributed by atoms with Crippen LogP contribution in [-0.4, -0.2) is 13.7 Å². The van der Waals surface area contributed by atoms with E-state index in [4.69, 9.17) is 4.74 Å². The maximum atomic E-state index is 4.69. The van der Waals surface area contributed by atoms with E-state index in [0.717, 1.165) is 13.0 Å². The zero-order valence-corrected chi connectivity index (χ0v) is 6.27. The molecular weight excluding hydrogens is 135 g/mol. The molecule has 0 N–H and O–H groups in total. The van der Waals surface area contributed by atoms with Crippen molar-refractivity contribution in [2.24, 2.45) is 0 Å². The van der Waals surface area contributed by atoms with Crippen molar-refractivity contribution in [1.29, 1.82) is 0 Å². The third kappa shape index (κ3) is 20.9. The van der Waals surface area contributed by atoms with Crippen molar-refractivity contribution in [2.75, 3.05) is 13.7 Å². The molecule has 0 aliphatic rings. The highest BCUT2D eigenvalue weighted by Crippen LogP contribution is 1.70. The Morgan fingerprint density at radius 1 is 1.29 bits per heavy atom. The molecule has 0 aliphatic heterocycles. The van der Waals surface area contributed by atoms with Gasteiger partial charge >= 0.3 is 0 Å². The minimum atomic E-state index is 0. The fourth-order valence-corrected chi connectivity index (χ4v) is 0.204. The van der Waals surface area contributed by atoms with Gasteiger partial charge in [-0.05, 0) is 6.42 Å². The number of ether oxygens (including phenoxy) is 1. The lowest BCUT2D eigenvalue weighted by Crippen LogP contribution is -1.80. The maximum absolute atomic E-state index is 4.69.